The van der Waals surface area contributed by atoms with Crippen LogP contribution in [-0.4, -0.2) is 68.6 Å². The van der Waals surface area contributed by atoms with Gasteiger partial charge in [0.2, 0.25) is 11.8 Å². The van der Waals surface area contributed by atoms with Crippen LogP contribution in [0.15, 0.2) is 18.2 Å². The third-order valence-corrected chi connectivity index (χ3v) is 3.42. The molecule has 1 aliphatic heterocycles. The maximum absolute atomic E-state index is 12.1. The van der Waals surface area contributed by atoms with Crippen LogP contribution in [0.25, 0.3) is 0 Å². The van der Waals surface area contributed by atoms with E-state index in [4.69, 9.17) is 9.47 Å². The maximum atomic E-state index is 12.1. The van der Waals surface area contributed by atoms with Gasteiger partial charge < -0.3 is 24.6 Å². The Labute approximate surface area is 136 Å². The Morgan fingerprint density at radius 1 is 1.13 bits per heavy atom. The van der Waals surface area contributed by atoms with E-state index in [0.29, 0.717) is 43.5 Å². The van der Waals surface area contributed by atoms with Crippen LogP contribution in [0, 0.1) is 0 Å². The van der Waals surface area contributed by atoms with Gasteiger partial charge in [-0.3, -0.25) is 9.59 Å². The normalized spacial score (nSPS) is 12.9. The topological polar surface area (TPSA) is 71.1 Å². The minimum absolute atomic E-state index is 0.0254. The third-order valence-electron chi connectivity index (χ3n) is 3.42. The van der Waals surface area contributed by atoms with Gasteiger partial charge in [0.15, 0.2) is 11.5 Å². The van der Waals surface area contributed by atoms with Crippen molar-refractivity contribution in [2.75, 3.05) is 52.3 Å². The predicted octanol–water partition coefficient (Wildman–Crippen LogP) is 0.806. The Kier molecular flexibility index (Phi) is 5.81. The van der Waals surface area contributed by atoms with Crippen LogP contribution in [0.3, 0.4) is 0 Å². The monoisotopic (exact) mass is 321 g/mol. The number of ether oxygens (including phenoxy) is 2. The van der Waals surface area contributed by atoms with Crippen LogP contribution in [-0.2, 0) is 9.59 Å². The molecule has 1 N–H and O–H groups in total. The first-order valence-electron chi connectivity index (χ1n) is 7.55. The SMILES string of the molecule is CC(=O)N(CCN(C)C)CC(=O)Nc1ccc2c(c1)OCCO2. The first kappa shape index (κ1) is 17.1. The van der Waals surface area contributed by atoms with E-state index in [1.54, 1.807) is 18.2 Å². The van der Waals surface area contributed by atoms with Crippen LogP contribution < -0.4 is 14.8 Å². The van der Waals surface area contributed by atoms with Gasteiger partial charge in [-0.2, -0.15) is 0 Å². The van der Waals surface area contributed by atoms with E-state index < -0.39 is 0 Å². The average molecular weight is 321 g/mol. The molecule has 0 fully saturated rings. The number of nitrogens with zero attached hydrogens (tertiary/aromatic N) is 2. The summed E-state index contributed by atoms with van der Waals surface area (Å²) in [6, 6.07) is 5.24. The van der Waals surface area contributed by atoms with Crippen LogP contribution in [0.4, 0.5) is 5.69 Å². The van der Waals surface area contributed by atoms with Crippen molar-refractivity contribution in [3.63, 3.8) is 0 Å². The summed E-state index contributed by atoms with van der Waals surface area (Å²) in [5.41, 5.74) is 0.621. The molecule has 0 saturated carbocycles. The van der Waals surface area contributed by atoms with Crippen LogP contribution in [0.2, 0.25) is 0 Å². The Hall–Kier alpha value is -2.28. The maximum Gasteiger partial charge on any atom is 0.243 e. The number of fused-ring (bicyclic) bond motifs is 1. The zero-order valence-corrected chi connectivity index (χ0v) is 13.8. The molecular weight excluding hydrogens is 298 g/mol. The molecule has 0 radical (unpaired) electrons. The van der Waals surface area contributed by atoms with Gasteiger partial charge in [0, 0.05) is 31.8 Å². The van der Waals surface area contributed by atoms with E-state index in [0.717, 1.165) is 0 Å². The number of benzene rings is 1. The molecule has 7 nitrogen and oxygen atoms in total. The van der Waals surface area contributed by atoms with Gasteiger partial charge >= 0.3 is 0 Å². The van der Waals surface area contributed by atoms with Gasteiger partial charge in [0.1, 0.15) is 13.2 Å². The average Bonchev–Trinajstić information content (AvgIpc) is 2.50. The standard InChI is InChI=1S/C16H23N3O4/c1-12(20)19(7-6-18(2)3)11-16(21)17-13-4-5-14-15(10-13)23-9-8-22-14/h4-5,10H,6-9,11H2,1-3H3,(H,17,21). The quantitative estimate of drug-likeness (QED) is 0.839. The van der Waals surface area contributed by atoms with Crippen molar-refractivity contribution in [1.82, 2.24) is 9.80 Å². The second kappa shape index (κ2) is 7.82. The second-order valence-electron chi connectivity index (χ2n) is 5.65. The van der Waals surface area contributed by atoms with Gasteiger partial charge in [0.05, 0.1) is 6.54 Å². The molecule has 23 heavy (non-hydrogen) atoms. The van der Waals surface area contributed by atoms with E-state index in [9.17, 15) is 9.59 Å². The summed E-state index contributed by atoms with van der Waals surface area (Å²) >= 11 is 0. The van der Waals surface area contributed by atoms with E-state index in [1.807, 2.05) is 19.0 Å². The smallest absolute Gasteiger partial charge is 0.243 e. The molecule has 0 atom stereocenters. The highest BCUT2D eigenvalue weighted by molar-refractivity contribution is 5.94. The van der Waals surface area contributed by atoms with Crippen molar-refractivity contribution >= 4 is 17.5 Å². The van der Waals surface area contributed by atoms with Crippen molar-refractivity contribution < 1.29 is 19.1 Å². The number of likely N-dealkylation sites (N-methyl/N-ethyl adjacent to an activating group) is 1. The molecule has 126 valence electrons. The molecule has 0 aliphatic carbocycles. The largest absolute Gasteiger partial charge is 0.486 e. The highest BCUT2D eigenvalue weighted by Crippen LogP contribution is 2.32. The Balaban J connectivity index is 1.93. The minimum atomic E-state index is -0.240. The summed E-state index contributed by atoms with van der Waals surface area (Å²) in [6.45, 7) is 3.73. The molecule has 1 aliphatic rings. The number of rotatable bonds is 6. The van der Waals surface area contributed by atoms with Crippen molar-refractivity contribution in [3.05, 3.63) is 18.2 Å². The third kappa shape index (κ3) is 5.14. The van der Waals surface area contributed by atoms with Gasteiger partial charge in [0.25, 0.3) is 0 Å². The summed E-state index contributed by atoms with van der Waals surface area (Å²) in [5.74, 6) is 0.926. The molecule has 0 spiro atoms. The molecular formula is C16H23N3O4. The number of hydrogen-bond acceptors (Lipinski definition) is 5. The Morgan fingerprint density at radius 3 is 2.48 bits per heavy atom. The molecule has 1 aromatic carbocycles. The highest BCUT2D eigenvalue weighted by atomic mass is 16.6. The van der Waals surface area contributed by atoms with Gasteiger partial charge in [-0.1, -0.05) is 0 Å². The van der Waals surface area contributed by atoms with Crippen molar-refractivity contribution in [3.8, 4) is 11.5 Å². The number of anilines is 1. The molecule has 0 saturated heterocycles. The molecule has 0 unspecified atom stereocenters. The lowest BCUT2D eigenvalue weighted by Crippen LogP contribution is -2.40. The lowest BCUT2D eigenvalue weighted by atomic mass is 10.2. The molecule has 0 bridgehead atoms. The first-order valence-corrected chi connectivity index (χ1v) is 7.55. The molecule has 2 amide bonds. The zero-order chi connectivity index (χ0) is 16.8. The predicted molar refractivity (Wildman–Crippen MR) is 86.9 cm³/mol. The molecule has 1 heterocycles. The number of nitrogens with one attached hydrogen (secondary N) is 1. The molecule has 7 heteroatoms. The van der Waals surface area contributed by atoms with E-state index >= 15 is 0 Å². The van der Waals surface area contributed by atoms with Crippen LogP contribution in [0.5, 0.6) is 11.5 Å². The van der Waals surface area contributed by atoms with Crippen molar-refractivity contribution in [2.24, 2.45) is 0 Å². The van der Waals surface area contributed by atoms with Crippen LogP contribution >= 0.6 is 0 Å². The Morgan fingerprint density at radius 2 is 1.83 bits per heavy atom. The number of hydrogen-bond donors (Lipinski definition) is 1. The van der Waals surface area contributed by atoms with Crippen LogP contribution in [0.1, 0.15) is 6.92 Å². The molecule has 2 rings (SSSR count). The first-order chi connectivity index (χ1) is 11.0. The summed E-state index contributed by atoms with van der Waals surface area (Å²) in [4.78, 5) is 27.3. The second-order valence-corrected chi connectivity index (χ2v) is 5.65. The minimum Gasteiger partial charge on any atom is -0.486 e. The van der Waals surface area contributed by atoms with Gasteiger partial charge in [-0.25, -0.2) is 0 Å². The zero-order valence-electron chi connectivity index (χ0n) is 13.8. The lowest BCUT2D eigenvalue weighted by Gasteiger charge is -2.23. The fourth-order valence-corrected chi connectivity index (χ4v) is 2.16. The van der Waals surface area contributed by atoms with Crippen molar-refractivity contribution in [2.45, 2.75) is 6.92 Å². The van der Waals surface area contributed by atoms with E-state index in [2.05, 4.69) is 5.32 Å². The summed E-state index contributed by atoms with van der Waals surface area (Å²) in [5, 5.41) is 2.78. The highest BCUT2D eigenvalue weighted by Gasteiger charge is 2.16. The number of amides is 2. The molecule has 0 aromatic heterocycles. The van der Waals surface area contributed by atoms with Crippen molar-refractivity contribution in [1.29, 1.82) is 0 Å². The fraction of sp³-hybridized carbons (Fsp3) is 0.500. The summed E-state index contributed by atoms with van der Waals surface area (Å²) < 4.78 is 10.9. The van der Waals surface area contributed by atoms with E-state index in [1.165, 1.54) is 11.8 Å². The Bertz CT molecular complexity index is 574. The number of carbonyl (C=O) groups excluding carboxylic acids is 2. The molecule has 1 aromatic rings. The lowest BCUT2D eigenvalue weighted by molar-refractivity contribution is -0.132. The van der Waals surface area contributed by atoms with Gasteiger partial charge in [-0.15, -0.1) is 0 Å². The summed E-state index contributed by atoms with van der Waals surface area (Å²) in [7, 11) is 3.85. The number of carbonyl (C=O) groups is 2. The fourth-order valence-electron chi connectivity index (χ4n) is 2.16. The van der Waals surface area contributed by atoms with Gasteiger partial charge in [-0.05, 0) is 26.2 Å². The summed E-state index contributed by atoms with van der Waals surface area (Å²) in [6.07, 6.45) is 0. The van der Waals surface area contributed by atoms with E-state index in [-0.39, 0.29) is 18.4 Å².